The number of rotatable bonds is 7. The molecule has 0 aliphatic carbocycles. The monoisotopic (exact) mass is 449 g/mol. The zero-order valence-electron chi connectivity index (χ0n) is 19.4. The maximum atomic E-state index is 12.9. The molecule has 3 aromatic rings. The van der Waals surface area contributed by atoms with Crippen molar-refractivity contribution in [3.8, 4) is 11.5 Å². The van der Waals surface area contributed by atoms with Crippen LogP contribution in [0.5, 0.6) is 11.5 Å². The summed E-state index contributed by atoms with van der Waals surface area (Å²) in [5.41, 5.74) is 2.46. The first-order chi connectivity index (χ1) is 16.0. The molecule has 174 valence electrons. The SMILES string of the molecule is COc1ccc(OC)c(CNC(=O)[C@H](C)C2CCN(C(=O)c3cc4ccccc4[nH]3)CC2)c1. The zero-order chi connectivity index (χ0) is 23.4. The molecule has 7 nitrogen and oxygen atoms in total. The number of carbonyl (C=O) groups is 2. The summed E-state index contributed by atoms with van der Waals surface area (Å²) in [5, 5.41) is 4.07. The number of para-hydroxylation sites is 1. The van der Waals surface area contributed by atoms with Crippen LogP contribution in [0, 0.1) is 11.8 Å². The third-order valence-electron chi connectivity index (χ3n) is 6.65. The lowest BCUT2D eigenvalue weighted by Crippen LogP contribution is -2.42. The topological polar surface area (TPSA) is 83.7 Å². The van der Waals surface area contributed by atoms with Crippen LogP contribution in [0.4, 0.5) is 0 Å². The van der Waals surface area contributed by atoms with Gasteiger partial charge in [0.25, 0.3) is 5.91 Å². The quantitative estimate of drug-likeness (QED) is 0.571. The molecule has 1 saturated heterocycles. The average molecular weight is 450 g/mol. The fourth-order valence-electron chi connectivity index (χ4n) is 4.54. The van der Waals surface area contributed by atoms with Crippen molar-refractivity contribution in [1.82, 2.24) is 15.2 Å². The number of H-pyrrole nitrogens is 1. The lowest BCUT2D eigenvalue weighted by molar-refractivity contribution is -0.126. The standard InChI is InChI=1S/C26H31N3O4/c1-17(25(30)27-16-20-14-21(32-2)8-9-24(20)33-3)18-10-12-29(13-11-18)26(31)23-15-19-6-4-5-7-22(19)28-23/h4-9,14-15,17-18,28H,10-13,16H2,1-3H3,(H,27,30)/t17-/m1/s1. The molecule has 1 aliphatic heterocycles. The second kappa shape index (κ2) is 9.98. The van der Waals surface area contributed by atoms with Crippen LogP contribution in [0.25, 0.3) is 10.9 Å². The van der Waals surface area contributed by atoms with Crippen molar-refractivity contribution < 1.29 is 19.1 Å². The Morgan fingerprint density at radius 1 is 1.09 bits per heavy atom. The molecule has 2 aromatic carbocycles. The maximum Gasteiger partial charge on any atom is 0.270 e. The summed E-state index contributed by atoms with van der Waals surface area (Å²) in [4.78, 5) is 30.9. The van der Waals surface area contributed by atoms with E-state index in [1.54, 1.807) is 14.2 Å². The minimum atomic E-state index is -0.132. The number of likely N-dealkylation sites (tertiary alicyclic amines) is 1. The molecule has 0 saturated carbocycles. The van der Waals surface area contributed by atoms with Crippen molar-refractivity contribution in [3.05, 3.63) is 59.8 Å². The van der Waals surface area contributed by atoms with Crippen LogP contribution < -0.4 is 14.8 Å². The summed E-state index contributed by atoms with van der Waals surface area (Å²) in [6.07, 6.45) is 1.62. The van der Waals surface area contributed by atoms with Crippen LogP contribution in [0.3, 0.4) is 0 Å². The molecule has 2 N–H and O–H groups in total. The highest BCUT2D eigenvalue weighted by Crippen LogP contribution is 2.28. The van der Waals surface area contributed by atoms with Gasteiger partial charge < -0.3 is 24.7 Å². The number of piperidine rings is 1. The van der Waals surface area contributed by atoms with E-state index in [1.807, 2.05) is 60.4 Å². The first-order valence-electron chi connectivity index (χ1n) is 11.4. The van der Waals surface area contributed by atoms with Crippen LogP contribution in [0.15, 0.2) is 48.5 Å². The van der Waals surface area contributed by atoms with Crippen LogP contribution in [-0.2, 0) is 11.3 Å². The highest BCUT2D eigenvalue weighted by atomic mass is 16.5. The van der Waals surface area contributed by atoms with E-state index in [1.165, 1.54) is 0 Å². The highest BCUT2D eigenvalue weighted by Gasteiger charge is 2.30. The number of hydrogen-bond acceptors (Lipinski definition) is 4. The zero-order valence-corrected chi connectivity index (χ0v) is 19.4. The Morgan fingerprint density at radius 2 is 1.85 bits per heavy atom. The molecule has 1 atom stereocenters. The van der Waals surface area contributed by atoms with Gasteiger partial charge in [-0.3, -0.25) is 9.59 Å². The Morgan fingerprint density at radius 3 is 2.55 bits per heavy atom. The Kier molecular flexibility index (Phi) is 6.87. The van der Waals surface area contributed by atoms with Gasteiger partial charge in [0, 0.05) is 42.0 Å². The van der Waals surface area contributed by atoms with Gasteiger partial charge in [0.15, 0.2) is 0 Å². The molecule has 33 heavy (non-hydrogen) atoms. The van der Waals surface area contributed by atoms with Crippen molar-refractivity contribution in [2.24, 2.45) is 11.8 Å². The normalized spacial score (nSPS) is 15.3. The number of carbonyl (C=O) groups excluding carboxylic acids is 2. The third kappa shape index (κ3) is 4.97. The molecular weight excluding hydrogens is 418 g/mol. The van der Waals surface area contributed by atoms with Crippen molar-refractivity contribution >= 4 is 22.7 Å². The minimum Gasteiger partial charge on any atom is -0.497 e. The van der Waals surface area contributed by atoms with E-state index in [2.05, 4.69) is 10.3 Å². The molecular formula is C26H31N3O4. The molecule has 1 aliphatic rings. The van der Waals surface area contributed by atoms with Gasteiger partial charge >= 0.3 is 0 Å². The Hall–Kier alpha value is -3.48. The largest absolute Gasteiger partial charge is 0.497 e. The van der Waals surface area contributed by atoms with Crippen molar-refractivity contribution in [2.45, 2.75) is 26.3 Å². The number of fused-ring (bicyclic) bond motifs is 1. The van der Waals surface area contributed by atoms with E-state index >= 15 is 0 Å². The van der Waals surface area contributed by atoms with Gasteiger partial charge in [0.05, 0.1) is 14.2 Å². The van der Waals surface area contributed by atoms with E-state index in [0.29, 0.717) is 31.1 Å². The van der Waals surface area contributed by atoms with Gasteiger partial charge in [0.1, 0.15) is 17.2 Å². The minimum absolute atomic E-state index is 0.0141. The molecule has 1 fully saturated rings. The number of aromatic nitrogens is 1. The first kappa shape index (κ1) is 22.7. The summed E-state index contributed by atoms with van der Waals surface area (Å²) in [5.74, 6) is 1.58. The number of ether oxygens (including phenoxy) is 2. The van der Waals surface area contributed by atoms with Gasteiger partial charge in [-0.15, -0.1) is 0 Å². The molecule has 2 amide bonds. The fourth-order valence-corrected chi connectivity index (χ4v) is 4.54. The van der Waals surface area contributed by atoms with Gasteiger partial charge in [-0.25, -0.2) is 0 Å². The molecule has 1 aromatic heterocycles. The predicted octanol–water partition coefficient (Wildman–Crippen LogP) is 3.99. The van der Waals surface area contributed by atoms with E-state index in [-0.39, 0.29) is 23.7 Å². The molecule has 4 rings (SSSR count). The Bertz CT molecular complexity index is 1100. The van der Waals surface area contributed by atoms with Crippen LogP contribution in [0.2, 0.25) is 0 Å². The number of hydrogen-bond donors (Lipinski definition) is 2. The summed E-state index contributed by atoms with van der Waals surface area (Å²) in [6, 6.07) is 15.3. The molecule has 2 heterocycles. The van der Waals surface area contributed by atoms with Crippen LogP contribution >= 0.6 is 0 Å². The molecule has 0 unspecified atom stereocenters. The van der Waals surface area contributed by atoms with Crippen LogP contribution in [-0.4, -0.2) is 49.0 Å². The van der Waals surface area contributed by atoms with Crippen LogP contribution in [0.1, 0.15) is 35.8 Å². The number of methoxy groups -OCH3 is 2. The summed E-state index contributed by atoms with van der Waals surface area (Å²) in [7, 11) is 3.22. The van der Waals surface area contributed by atoms with E-state index in [0.717, 1.165) is 35.1 Å². The highest BCUT2D eigenvalue weighted by molar-refractivity contribution is 5.98. The third-order valence-corrected chi connectivity index (χ3v) is 6.65. The first-order valence-corrected chi connectivity index (χ1v) is 11.4. The summed E-state index contributed by atoms with van der Waals surface area (Å²) < 4.78 is 10.7. The maximum absolute atomic E-state index is 12.9. The van der Waals surface area contributed by atoms with Gasteiger partial charge in [-0.1, -0.05) is 25.1 Å². The molecule has 0 bridgehead atoms. The lowest BCUT2D eigenvalue weighted by atomic mass is 9.84. The van der Waals surface area contributed by atoms with E-state index in [4.69, 9.17) is 9.47 Å². The van der Waals surface area contributed by atoms with Gasteiger partial charge in [0.2, 0.25) is 5.91 Å². The smallest absolute Gasteiger partial charge is 0.270 e. The van der Waals surface area contributed by atoms with Crippen molar-refractivity contribution in [3.63, 3.8) is 0 Å². The fraction of sp³-hybridized carbons (Fsp3) is 0.385. The second-order valence-electron chi connectivity index (χ2n) is 8.58. The number of nitrogens with one attached hydrogen (secondary N) is 2. The number of aromatic amines is 1. The second-order valence-corrected chi connectivity index (χ2v) is 8.58. The number of amides is 2. The lowest BCUT2D eigenvalue weighted by Gasteiger charge is -2.34. The van der Waals surface area contributed by atoms with Gasteiger partial charge in [-0.05, 0) is 49.1 Å². The Balaban J connectivity index is 1.31. The van der Waals surface area contributed by atoms with Crippen molar-refractivity contribution in [2.75, 3.05) is 27.3 Å². The summed E-state index contributed by atoms with van der Waals surface area (Å²) >= 11 is 0. The van der Waals surface area contributed by atoms with E-state index in [9.17, 15) is 9.59 Å². The van der Waals surface area contributed by atoms with Gasteiger partial charge in [-0.2, -0.15) is 0 Å². The Labute approximate surface area is 194 Å². The molecule has 0 spiro atoms. The summed E-state index contributed by atoms with van der Waals surface area (Å²) in [6.45, 7) is 3.65. The molecule has 7 heteroatoms. The average Bonchev–Trinajstić information content (AvgIpc) is 3.30. The van der Waals surface area contributed by atoms with E-state index < -0.39 is 0 Å². The molecule has 0 radical (unpaired) electrons. The number of benzene rings is 2. The number of nitrogens with zero attached hydrogens (tertiary/aromatic N) is 1. The predicted molar refractivity (Wildman–Crippen MR) is 127 cm³/mol. The van der Waals surface area contributed by atoms with Crippen molar-refractivity contribution in [1.29, 1.82) is 0 Å².